The molecule has 1 aliphatic rings. The van der Waals surface area contributed by atoms with Crippen LogP contribution in [-0.4, -0.2) is 46.3 Å². The molecule has 0 amide bonds. The predicted octanol–water partition coefficient (Wildman–Crippen LogP) is 4.90. The first-order chi connectivity index (χ1) is 15.1. The van der Waals surface area contributed by atoms with Gasteiger partial charge in [-0.15, -0.1) is 0 Å². The van der Waals surface area contributed by atoms with E-state index in [1.54, 1.807) is 37.3 Å². The minimum Gasteiger partial charge on any atom is -0.497 e. The fourth-order valence-corrected chi connectivity index (χ4v) is 4.06. The lowest BCUT2D eigenvalue weighted by molar-refractivity contribution is -0.0768. The number of hydrogen-bond acceptors (Lipinski definition) is 6. The van der Waals surface area contributed by atoms with Crippen molar-refractivity contribution in [2.24, 2.45) is 4.99 Å². The first-order valence-electron chi connectivity index (χ1n) is 10.0. The Morgan fingerprint density at radius 1 is 1.25 bits per heavy atom. The highest BCUT2D eigenvalue weighted by Gasteiger charge is 2.52. The van der Waals surface area contributed by atoms with E-state index >= 15 is 0 Å². The lowest BCUT2D eigenvalue weighted by Gasteiger charge is -2.38. The van der Waals surface area contributed by atoms with Gasteiger partial charge in [0.05, 0.1) is 24.9 Å². The first-order valence-corrected chi connectivity index (χ1v) is 10.0. The van der Waals surface area contributed by atoms with Gasteiger partial charge in [-0.1, -0.05) is 12.1 Å². The molecule has 0 bridgehead atoms. The van der Waals surface area contributed by atoms with Crippen LogP contribution in [0.2, 0.25) is 0 Å². The van der Waals surface area contributed by atoms with Gasteiger partial charge in [0.2, 0.25) is 0 Å². The summed E-state index contributed by atoms with van der Waals surface area (Å²) < 4.78 is 53.5. The zero-order chi connectivity index (χ0) is 23.1. The van der Waals surface area contributed by atoms with Crippen molar-refractivity contribution < 1.29 is 27.8 Å². The molecule has 2 atom stereocenters. The van der Waals surface area contributed by atoms with Gasteiger partial charge in [-0.3, -0.25) is 0 Å². The standard InChI is InChI=1S/C23H22F3N3O3/c1-13-27-12-16-18(28-13)5-4-6-19(16)29-21(23(24,25)26)22(2,30)17-9-10-32-20-11-14(31-3)7-8-15(17)20/h4-8,11-12,17,30H,9-10H2,1-3H3. The van der Waals surface area contributed by atoms with Crippen LogP contribution in [-0.2, 0) is 0 Å². The molecule has 4 rings (SSSR count). The molecule has 0 spiro atoms. The Kier molecular flexibility index (Phi) is 5.54. The predicted molar refractivity (Wildman–Crippen MR) is 114 cm³/mol. The molecule has 1 aromatic heterocycles. The van der Waals surface area contributed by atoms with E-state index in [0.29, 0.717) is 33.8 Å². The summed E-state index contributed by atoms with van der Waals surface area (Å²) in [5, 5.41) is 11.7. The van der Waals surface area contributed by atoms with E-state index in [1.807, 2.05) is 0 Å². The Labute approximate surface area is 182 Å². The number of aliphatic hydroxyl groups is 1. The van der Waals surface area contributed by atoms with Crippen molar-refractivity contribution in [2.75, 3.05) is 13.7 Å². The van der Waals surface area contributed by atoms with Crippen molar-refractivity contribution >= 4 is 22.3 Å². The molecule has 168 valence electrons. The molecule has 1 aliphatic heterocycles. The summed E-state index contributed by atoms with van der Waals surface area (Å²) >= 11 is 0. The van der Waals surface area contributed by atoms with Crippen LogP contribution in [0.1, 0.15) is 30.7 Å². The minimum absolute atomic E-state index is 0.0390. The first kappa shape index (κ1) is 22.0. The summed E-state index contributed by atoms with van der Waals surface area (Å²) in [6, 6.07) is 9.56. The van der Waals surface area contributed by atoms with E-state index in [1.165, 1.54) is 19.4 Å². The lowest BCUT2D eigenvalue weighted by atomic mass is 9.76. The fourth-order valence-electron chi connectivity index (χ4n) is 4.06. The average Bonchev–Trinajstić information content (AvgIpc) is 2.75. The highest BCUT2D eigenvalue weighted by atomic mass is 19.4. The number of alkyl halides is 3. The number of benzene rings is 2. The van der Waals surface area contributed by atoms with Gasteiger partial charge in [-0.2, -0.15) is 13.2 Å². The second kappa shape index (κ2) is 8.05. The van der Waals surface area contributed by atoms with Gasteiger partial charge in [0.15, 0.2) is 5.71 Å². The topological polar surface area (TPSA) is 76.8 Å². The number of fused-ring (bicyclic) bond motifs is 2. The van der Waals surface area contributed by atoms with Gasteiger partial charge < -0.3 is 14.6 Å². The number of rotatable bonds is 4. The quantitative estimate of drug-likeness (QED) is 0.578. The van der Waals surface area contributed by atoms with Crippen molar-refractivity contribution in [2.45, 2.75) is 38.0 Å². The van der Waals surface area contributed by atoms with Crippen LogP contribution < -0.4 is 9.47 Å². The molecular weight excluding hydrogens is 423 g/mol. The van der Waals surface area contributed by atoms with Crippen molar-refractivity contribution in [3.63, 3.8) is 0 Å². The molecule has 2 heterocycles. The van der Waals surface area contributed by atoms with Gasteiger partial charge in [0, 0.05) is 29.1 Å². The fraction of sp³-hybridized carbons (Fsp3) is 0.348. The molecule has 32 heavy (non-hydrogen) atoms. The Morgan fingerprint density at radius 2 is 2.03 bits per heavy atom. The number of ether oxygens (including phenoxy) is 2. The number of hydrogen-bond donors (Lipinski definition) is 1. The maximum absolute atomic E-state index is 14.2. The van der Waals surface area contributed by atoms with Crippen LogP contribution in [0, 0.1) is 6.92 Å². The van der Waals surface area contributed by atoms with Crippen molar-refractivity contribution in [1.82, 2.24) is 9.97 Å². The Bertz CT molecular complexity index is 1190. The molecule has 0 saturated heterocycles. The van der Waals surface area contributed by atoms with Gasteiger partial charge in [0.1, 0.15) is 22.9 Å². The average molecular weight is 445 g/mol. The Hall–Kier alpha value is -3.20. The summed E-state index contributed by atoms with van der Waals surface area (Å²) in [7, 11) is 1.49. The van der Waals surface area contributed by atoms with E-state index in [0.717, 1.165) is 6.92 Å². The van der Waals surface area contributed by atoms with Crippen molar-refractivity contribution in [1.29, 1.82) is 0 Å². The van der Waals surface area contributed by atoms with Gasteiger partial charge >= 0.3 is 6.18 Å². The molecule has 9 heteroatoms. The molecule has 6 nitrogen and oxygen atoms in total. The lowest BCUT2D eigenvalue weighted by Crippen LogP contribution is -2.50. The highest BCUT2D eigenvalue weighted by Crippen LogP contribution is 2.45. The van der Waals surface area contributed by atoms with E-state index in [9.17, 15) is 18.3 Å². The third-order valence-corrected chi connectivity index (χ3v) is 5.64. The maximum Gasteiger partial charge on any atom is 0.432 e. The molecule has 1 N–H and O–H groups in total. The third kappa shape index (κ3) is 4.00. The molecule has 0 aliphatic carbocycles. The van der Waals surface area contributed by atoms with Gasteiger partial charge in [-0.05, 0) is 38.5 Å². The molecular formula is C23H22F3N3O3. The summed E-state index contributed by atoms with van der Waals surface area (Å²) in [5.74, 6) is 0.512. The second-order valence-electron chi connectivity index (χ2n) is 7.83. The van der Waals surface area contributed by atoms with Crippen LogP contribution in [0.15, 0.2) is 47.6 Å². The minimum atomic E-state index is -4.87. The number of aryl methyl sites for hydroxylation is 1. The van der Waals surface area contributed by atoms with Crippen LogP contribution in [0.25, 0.3) is 10.9 Å². The molecule has 3 aromatic rings. The number of methoxy groups -OCH3 is 1. The van der Waals surface area contributed by atoms with E-state index in [2.05, 4.69) is 15.0 Å². The van der Waals surface area contributed by atoms with Crippen LogP contribution in [0.3, 0.4) is 0 Å². The van der Waals surface area contributed by atoms with Gasteiger partial charge in [0.25, 0.3) is 0 Å². The second-order valence-corrected chi connectivity index (χ2v) is 7.83. The summed E-state index contributed by atoms with van der Waals surface area (Å²) in [6.45, 7) is 3.00. The number of nitrogens with zero attached hydrogens (tertiary/aromatic N) is 3. The normalized spacial score (nSPS) is 18.6. The molecule has 0 saturated carbocycles. The van der Waals surface area contributed by atoms with Crippen molar-refractivity contribution in [3.05, 3.63) is 54.0 Å². The molecule has 0 fully saturated rings. The molecule has 2 unspecified atom stereocenters. The summed E-state index contributed by atoms with van der Waals surface area (Å²) in [6.07, 6.45) is -3.24. The monoisotopic (exact) mass is 445 g/mol. The maximum atomic E-state index is 14.2. The zero-order valence-corrected chi connectivity index (χ0v) is 17.8. The van der Waals surface area contributed by atoms with E-state index in [4.69, 9.17) is 9.47 Å². The molecule has 0 radical (unpaired) electrons. The SMILES string of the molecule is COc1ccc2c(c1)OCCC2C(C)(O)C(=Nc1cccc2nc(C)ncc12)C(F)(F)F. The largest absolute Gasteiger partial charge is 0.497 e. The van der Waals surface area contributed by atoms with Gasteiger partial charge in [-0.25, -0.2) is 15.0 Å². The van der Waals surface area contributed by atoms with Crippen LogP contribution in [0.5, 0.6) is 11.5 Å². The van der Waals surface area contributed by atoms with Crippen LogP contribution >= 0.6 is 0 Å². The highest BCUT2D eigenvalue weighted by molar-refractivity contribution is 6.02. The smallest absolute Gasteiger partial charge is 0.432 e. The third-order valence-electron chi connectivity index (χ3n) is 5.64. The zero-order valence-electron chi connectivity index (χ0n) is 17.8. The summed E-state index contributed by atoms with van der Waals surface area (Å²) in [4.78, 5) is 12.3. The number of halogens is 3. The summed E-state index contributed by atoms with van der Waals surface area (Å²) in [5.41, 5.74) is -2.62. The van der Waals surface area contributed by atoms with E-state index in [-0.39, 0.29) is 18.7 Å². The number of aliphatic imine (C=N–C) groups is 1. The van der Waals surface area contributed by atoms with Crippen LogP contribution in [0.4, 0.5) is 18.9 Å². The number of aromatic nitrogens is 2. The Balaban J connectivity index is 1.85. The Morgan fingerprint density at radius 3 is 2.75 bits per heavy atom. The van der Waals surface area contributed by atoms with E-state index < -0.39 is 23.4 Å². The van der Waals surface area contributed by atoms with Crippen molar-refractivity contribution in [3.8, 4) is 11.5 Å². The molecule has 2 aromatic carbocycles.